The standard InChI is InChI=1S/C35H50N4O6S/c1-4-6-7-8-9-10-11-12-13-14-15-16-17-21-26-46(43,44)38(35(40)45-5-2)36-32-28-34(29-22-19-18-20-23-29)37(3)33-25-24-30(39(41)42)27-31(32)33/h18-20,22-25,27-28H,4-17,21,26H2,1-3H3/b36-32+. The average Bonchev–Trinajstić information content (AvgIpc) is 3.04. The Bertz CT molecular complexity index is 1590. The molecule has 11 heteroatoms. The van der Waals surface area contributed by atoms with Crippen LogP contribution in [0.3, 0.4) is 0 Å². The SMILES string of the molecule is CCCCCCCCCCCCCCCCS(=O)(=O)N(/N=c1\cc(-c2ccccc2)n(C)c2ccc([N+](=O)[O-])cc12)C(=O)OCC. The summed E-state index contributed by atoms with van der Waals surface area (Å²) in [4.78, 5) is 24.1. The number of non-ortho nitro benzene ring substituents is 1. The van der Waals surface area contributed by atoms with E-state index in [0.29, 0.717) is 27.4 Å². The molecule has 0 aliphatic rings. The van der Waals surface area contributed by atoms with Gasteiger partial charge in [-0.2, -0.15) is 5.10 Å². The number of nitrogens with zero attached hydrogens (tertiary/aromatic N) is 4. The molecule has 0 fully saturated rings. The molecular formula is C35H50N4O6S. The van der Waals surface area contributed by atoms with E-state index in [4.69, 9.17) is 4.74 Å². The van der Waals surface area contributed by atoms with Gasteiger partial charge in [0.2, 0.25) is 0 Å². The third-order valence-corrected chi connectivity index (χ3v) is 9.74. The maximum absolute atomic E-state index is 13.5. The van der Waals surface area contributed by atoms with Crippen LogP contribution in [0.1, 0.15) is 104 Å². The Kier molecular flexibility index (Phi) is 15.2. The Morgan fingerprint density at radius 1 is 0.848 bits per heavy atom. The summed E-state index contributed by atoms with van der Waals surface area (Å²) in [5.41, 5.74) is 1.92. The first kappa shape index (κ1) is 36.7. The summed E-state index contributed by atoms with van der Waals surface area (Å²) >= 11 is 0. The number of pyridine rings is 1. The van der Waals surface area contributed by atoms with Crippen molar-refractivity contribution in [3.05, 3.63) is 70.1 Å². The van der Waals surface area contributed by atoms with E-state index < -0.39 is 21.0 Å². The average molecular weight is 655 g/mol. The minimum atomic E-state index is -4.19. The van der Waals surface area contributed by atoms with Crippen molar-refractivity contribution < 1.29 is 22.9 Å². The molecule has 1 amide bonds. The number of hydrogen-bond donors (Lipinski definition) is 0. The summed E-state index contributed by atoms with van der Waals surface area (Å²) < 4.78 is 34.4. The molecule has 1 aromatic heterocycles. The van der Waals surface area contributed by atoms with Gasteiger partial charge in [0.15, 0.2) is 0 Å². The fourth-order valence-corrected chi connectivity index (χ4v) is 6.83. The quantitative estimate of drug-likeness (QED) is 0.0681. The number of nitro groups is 1. The molecular weight excluding hydrogens is 604 g/mol. The fourth-order valence-electron chi connectivity index (χ4n) is 5.60. The Morgan fingerprint density at radius 2 is 1.41 bits per heavy atom. The second-order valence-electron chi connectivity index (χ2n) is 11.8. The van der Waals surface area contributed by atoms with Gasteiger partial charge in [-0.1, -0.05) is 125 Å². The van der Waals surface area contributed by atoms with Gasteiger partial charge in [-0.15, -0.1) is 0 Å². The van der Waals surface area contributed by atoms with Gasteiger partial charge in [0.05, 0.1) is 33.9 Å². The monoisotopic (exact) mass is 654 g/mol. The Hall–Kier alpha value is -3.73. The van der Waals surface area contributed by atoms with Crippen LogP contribution in [-0.4, -0.2) is 40.8 Å². The van der Waals surface area contributed by atoms with Gasteiger partial charge in [-0.05, 0) is 31.0 Å². The summed E-state index contributed by atoms with van der Waals surface area (Å²) in [6.45, 7) is 3.79. The van der Waals surface area contributed by atoms with E-state index in [1.165, 1.54) is 69.9 Å². The van der Waals surface area contributed by atoms with Crippen LogP contribution in [-0.2, 0) is 21.8 Å². The van der Waals surface area contributed by atoms with Crippen molar-refractivity contribution in [2.45, 2.75) is 104 Å². The molecule has 0 aliphatic heterocycles. The molecule has 0 bridgehead atoms. The Morgan fingerprint density at radius 3 is 1.96 bits per heavy atom. The van der Waals surface area contributed by atoms with Crippen molar-refractivity contribution in [3.8, 4) is 11.3 Å². The van der Waals surface area contributed by atoms with Crippen LogP contribution in [0.25, 0.3) is 22.2 Å². The van der Waals surface area contributed by atoms with E-state index in [2.05, 4.69) is 12.0 Å². The van der Waals surface area contributed by atoms with E-state index in [1.54, 1.807) is 19.1 Å². The molecule has 2 aromatic carbocycles. The number of aromatic nitrogens is 1. The number of rotatable bonds is 20. The van der Waals surface area contributed by atoms with E-state index >= 15 is 0 Å². The summed E-state index contributed by atoms with van der Waals surface area (Å²) in [6, 6.07) is 15.4. The highest BCUT2D eigenvalue weighted by Crippen LogP contribution is 2.25. The van der Waals surface area contributed by atoms with Crippen LogP contribution < -0.4 is 5.36 Å². The second kappa shape index (κ2) is 19.1. The van der Waals surface area contributed by atoms with Gasteiger partial charge < -0.3 is 9.30 Å². The molecule has 0 saturated carbocycles. The van der Waals surface area contributed by atoms with Gasteiger partial charge >= 0.3 is 6.09 Å². The highest BCUT2D eigenvalue weighted by molar-refractivity contribution is 7.89. The molecule has 0 spiro atoms. The predicted molar refractivity (Wildman–Crippen MR) is 184 cm³/mol. The molecule has 0 atom stereocenters. The number of carbonyl (C=O) groups excluding carboxylic acids is 1. The van der Waals surface area contributed by atoms with Crippen LogP contribution in [0, 0.1) is 10.1 Å². The second-order valence-corrected chi connectivity index (χ2v) is 13.7. The van der Waals surface area contributed by atoms with Crippen molar-refractivity contribution >= 4 is 32.7 Å². The smallest absolute Gasteiger partial charge is 0.445 e. The summed E-state index contributed by atoms with van der Waals surface area (Å²) in [5.74, 6) is -0.266. The lowest BCUT2D eigenvalue weighted by Gasteiger charge is -2.18. The predicted octanol–water partition coefficient (Wildman–Crippen LogP) is 8.84. The molecule has 0 aliphatic carbocycles. The molecule has 0 radical (unpaired) electrons. The van der Waals surface area contributed by atoms with Gasteiger partial charge in [0.1, 0.15) is 0 Å². The van der Waals surface area contributed by atoms with Crippen molar-refractivity contribution in [2.24, 2.45) is 12.1 Å². The van der Waals surface area contributed by atoms with Crippen molar-refractivity contribution in [1.29, 1.82) is 0 Å². The molecule has 1 heterocycles. The lowest BCUT2D eigenvalue weighted by molar-refractivity contribution is -0.384. The zero-order chi connectivity index (χ0) is 33.4. The number of hydrogen-bond acceptors (Lipinski definition) is 7. The van der Waals surface area contributed by atoms with Crippen LogP contribution in [0.4, 0.5) is 10.5 Å². The third-order valence-electron chi connectivity index (χ3n) is 8.17. The number of benzene rings is 2. The van der Waals surface area contributed by atoms with Crippen molar-refractivity contribution in [2.75, 3.05) is 12.4 Å². The van der Waals surface area contributed by atoms with Gasteiger partial charge in [-0.3, -0.25) is 10.1 Å². The van der Waals surface area contributed by atoms with Gasteiger partial charge in [0, 0.05) is 24.6 Å². The van der Waals surface area contributed by atoms with E-state index in [-0.39, 0.29) is 23.4 Å². The third kappa shape index (κ3) is 11.0. The van der Waals surface area contributed by atoms with Crippen LogP contribution in [0.5, 0.6) is 0 Å². The van der Waals surface area contributed by atoms with E-state index in [1.807, 2.05) is 41.9 Å². The van der Waals surface area contributed by atoms with Crippen LogP contribution in [0.2, 0.25) is 0 Å². The fraction of sp³-hybridized carbons (Fsp3) is 0.543. The first-order valence-corrected chi connectivity index (χ1v) is 18.4. The first-order chi connectivity index (χ1) is 22.2. The number of carbonyl (C=O) groups is 1. The number of nitro benzene ring substituents is 1. The zero-order valence-electron chi connectivity index (χ0n) is 27.7. The minimum Gasteiger partial charge on any atom is -0.448 e. The largest absolute Gasteiger partial charge is 0.448 e. The zero-order valence-corrected chi connectivity index (χ0v) is 28.5. The maximum Gasteiger partial charge on any atom is 0.445 e. The summed E-state index contributed by atoms with van der Waals surface area (Å²) in [7, 11) is -2.37. The number of aryl methyl sites for hydroxylation is 1. The van der Waals surface area contributed by atoms with Gasteiger partial charge in [-0.25, -0.2) is 13.2 Å². The lowest BCUT2D eigenvalue weighted by Crippen LogP contribution is -2.36. The summed E-state index contributed by atoms with van der Waals surface area (Å²) in [6.07, 6.45) is 14.8. The molecule has 0 saturated heterocycles. The number of ether oxygens (including phenoxy) is 1. The molecule has 252 valence electrons. The molecule has 3 rings (SSSR count). The van der Waals surface area contributed by atoms with Gasteiger partial charge in [0.25, 0.3) is 15.7 Å². The maximum atomic E-state index is 13.5. The Balaban J connectivity index is 1.74. The number of unbranched alkanes of at least 4 members (excludes halogenated alkanes) is 13. The first-order valence-electron chi connectivity index (χ1n) is 16.8. The van der Waals surface area contributed by atoms with E-state index in [0.717, 1.165) is 31.2 Å². The van der Waals surface area contributed by atoms with E-state index in [9.17, 15) is 23.3 Å². The topological polar surface area (TPSA) is 124 Å². The highest BCUT2D eigenvalue weighted by Gasteiger charge is 2.29. The number of fused-ring (bicyclic) bond motifs is 1. The number of amides is 1. The molecule has 0 N–H and O–H groups in total. The molecule has 3 aromatic rings. The lowest BCUT2D eigenvalue weighted by atomic mass is 10.0. The van der Waals surface area contributed by atoms with Crippen LogP contribution in [0.15, 0.2) is 59.7 Å². The van der Waals surface area contributed by atoms with Crippen LogP contribution >= 0.6 is 0 Å². The highest BCUT2D eigenvalue weighted by atomic mass is 32.2. The minimum absolute atomic E-state index is 0.0372. The molecule has 0 unspecified atom stereocenters. The summed E-state index contributed by atoms with van der Waals surface area (Å²) in [5, 5.41) is 16.4. The normalized spacial score (nSPS) is 12.0. The van der Waals surface area contributed by atoms with Crippen molar-refractivity contribution in [3.63, 3.8) is 0 Å². The molecule has 10 nitrogen and oxygen atoms in total. The molecule has 46 heavy (non-hydrogen) atoms. The van der Waals surface area contributed by atoms with Crippen molar-refractivity contribution in [1.82, 2.24) is 8.98 Å². The number of sulfonamides is 1. The Labute approximate surface area is 273 Å².